The molecule has 1 aliphatic rings. The second kappa shape index (κ2) is 12.2. The van der Waals surface area contributed by atoms with Crippen LogP contribution in [0.2, 0.25) is 0 Å². The highest BCUT2D eigenvalue weighted by atomic mass is 19.1. The summed E-state index contributed by atoms with van der Waals surface area (Å²) in [4.78, 5) is 25.1. The Labute approximate surface area is 223 Å². The van der Waals surface area contributed by atoms with Crippen molar-refractivity contribution < 1.29 is 23.8 Å². The van der Waals surface area contributed by atoms with Crippen LogP contribution < -0.4 is 10.6 Å². The Morgan fingerprint density at radius 1 is 0.921 bits per heavy atom. The molecular formula is C31H35FN2O4. The number of amides is 1. The third-order valence-electron chi connectivity index (χ3n) is 7.13. The fourth-order valence-corrected chi connectivity index (χ4v) is 5.12. The summed E-state index contributed by atoms with van der Waals surface area (Å²) in [6, 6.07) is 18.3. The molecule has 4 rings (SSSR count). The van der Waals surface area contributed by atoms with Crippen molar-refractivity contribution in [2.24, 2.45) is 0 Å². The first kappa shape index (κ1) is 27.3. The van der Waals surface area contributed by atoms with Crippen molar-refractivity contribution in [1.29, 1.82) is 0 Å². The molecule has 1 fully saturated rings. The van der Waals surface area contributed by atoms with Gasteiger partial charge < -0.3 is 20.5 Å². The lowest BCUT2D eigenvalue weighted by Gasteiger charge is -2.38. The average molecular weight is 519 g/mol. The first-order valence-electron chi connectivity index (χ1n) is 13.1. The maximum Gasteiger partial charge on any atom is 0.303 e. The summed E-state index contributed by atoms with van der Waals surface area (Å²) in [6.07, 6.45) is 2.49. The average Bonchev–Trinajstić information content (AvgIpc) is 2.87. The molecule has 3 aromatic carbocycles. The number of carboxylic acid groups (broad SMARTS) is 1. The Bertz CT molecular complexity index is 1280. The van der Waals surface area contributed by atoms with Gasteiger partial charge in [0.2, 0.25) is 0 Å². The number of nitrogens with one attached hydrogen (secondary N) is 2. The highest BCUT2D eigenvalue weighted by Crippen LogP contribution is 2.29. The molecule has 1 saturated heterocycles. The first-order valence-corrected chi connectivity index (χ1v) is 13.1. The van der Waals surface area contributed by atoms with Crippen LogP contribution in [0.5, 0.6) is 0 Å². The number of hydrogen-bond acceptors (Lipinski definition) is 4. The van der Waals surface area contributed by atoms with Gasteiger partial charge in [0.25, 0.3) is 5.91 Å². The lowest BCUT2D eigenvalue weighted by Crippen LogP contribution is -2.52. The minimum absolute atomic E-state index is 0.0730. The Morgan fingerprint density at radius 3 is 2.32 bits per heavy atom. The molecule has 0 aliphatic carbocycles. The van der Waals surface area contributed by atoms with E-state index in [1.807, 2.05) is 44.2 Å². The van der Waals surface area contributed by atoms with Crippen molar-refractivity contribution in [3.8, 4) is 0 Å². The number of carboxylic acids is 1. The number of benzene rings is 3. The Hall–Kier alpha value is -3.71. The van der Waals surface area contributed by atoms with Gasteiger partial charge in [-0.2, -0.15) is 0 Å². The second-order valence-corrected chi connectivity index (χ2v) is 10.2. The zero-order valence-corrected chi connectivity index (χ0v) is 22.0. The molecule has 0 saturated carbocycles. The quantitative estimate of drug-likeness (QED) is 0.301. The van der Waals surface area contributed by atoms with Crippen LogP contribution >= 0.6 is 0 Å². The van der Waals surface area contributed by atoms with E-state index < -0.39 is 11.5 Å². The van der Waals surface area contributed by atoms with Crippen LogP contribution in [0.3, 0.4) is 0 Å². The zero-order chi connectivity index (χ0) is 27.1. The molecule has 0 bridgehead atoms. The Morgan fingerprint density at radius 2 is 1.63 bits per heavy atom. The Kier molecular flexibility index (Phi) is 8.79. The fraction of sp³-hybridized carbons (Fsp3) is 0.355. The van der Waals surface area contributed by atoms with E-state index in [0.717, 1.165) is 22.5 Å². The van der Waals surface area contributed by atoms with Gasteiger partial charge in [0, 0.05) is 42.1 Å². The molecule has 0 unspecified atom stereocenters. The molecule has 200 valence electrons. The van der Waals surface area contributed by atoms with Gasteiger partial charge in [0.15, 0.2) is 0 Å². The van der Waals surface area contributed by atoms with Crippen molar-refractivity contribution >= 4 is 23.3 Å². The highest BCUT2D eigenvalue weighted by molar-refractivity contribution is 5.97. The van der Waals surface area contributed by atoms with Crippen LogP contribution in [0.4, 0.5) is 15.8 Å². The van der Waals surface area contributed by atoms with Crippen molar-refractivity contribution in [3.05, 3.63) is 94.3 Å². The lowest BCUT2D eigenvalue weighted by molar-refractivity contribution is -0.136. The number of carbonyl (C=O) groups is 2. The number of aliphatic carboxylic acids is 1. The molecule has 0 atom stereocenters. The van der Waals surface area contributed by atoms with Crippen LogP contribution in [0.15, 0.2) is 60.7 Å². The van der Waals surface area contributed by atoms with Gasteiger partial charge in [-0.1, -0.05) is 30.3 Å². The van der Waals surface area contributed by atoms with Crippen LogP contribution in [0.25, 0.3) is 0 Å². The Balaban J connectivity index is 1.60. The van der Waals surface area contributed by atoms with Crippen LogP contribution in [0, 0.1) is 19.7 Å². The smallest absolute Gasteiger partial charge is 0.303 e. The van der Waals surface area contributed by atoms with E-state index >= 15 is 0 Å². The van der Waals surface area contributed by atoms with Gasteiger partial charge in [0.1, 0.15) is 5.82 Å². The van der Waals surface area contributed by atoms with Gasteiger partial charge in [-0.3, -0.25) is 9.59 Å². The SMILES string of the molecule is Cc1cc(C)cc(Nc2ccc(CCC(=O)O)c(C(=O)NC3(CCc4ccccc4F)CCOCC3)c2)c1. The topological polar surface area (TPSA) is 87.7 Å². The molecule has 7 heteroatoms. The van der Waals surface area contributed by atoms with E-state index in [1.54, 1.807) is 18.2 Å². The largest absolute Gasteiger partial charge is 0.481 e. The minimum Gasteiger partial charge on any atom is -0.481 e. The van der Waals surface area contributed by atoms with E-state index in [1.165, 1.54) is 6.07 Å². The molecule has 1 amide bonds. The van der Waals surface area contributed by atoms with Crippen LogP contribution in [-0.4, -0.2) is 35.7 Å². The number of aryl methyl sites for hydroxylation is 4. The number of halogens is 1. The third kappa shape index (κ3) is 7.19. The van der Waals surface area contributed by atoms with E-state index in [0.29, 0.717) is 55.6 Å². The minimum atomic E-state index is -0.917. The van der Waals surface area contributed by atoms with Gasteiger partial charge in [-0.15, -0.1) is 0 Å². The lowest BCUT2D eigenvalue weighted by atomic mass is 9.83. The zero-order valence-electron chi connectivity index (χ0n) is 22.0. The predicted octanol–water partition coefficient (Wildman–Crippen LogP) is 6.12. The summed E-state index contributed by atoms with van der Waals surface area (Å²) in [5.74, 6) is -1.42. The fourth-order valence-electron chi connectivity index (χ4n) is 5.12. The molecule has 3 N–H and O–H groups in total. The molecule has 1 heterocycles. The maximum absolute atomic E-state index is 14.3. The van der Waals surface area contributed by atoms with Crippen molar-refractivity contribution in [2.45, 2.75) is 57.9 Å². The van der Waals surface area contributed by atoms with Crippen molar-refractivity contribution in [1.82, 2.24) is 5.32 Å². The molecule has 0 spiro atoms. The number of carbonyl (C=O) groups excluding carboxylic acids is 1. The third-order valence-corrected chi connectivity index (χ3v) is 7.13. The molecule has 38 heavy (non-hydrogen) atoms. The molecule has 6 nitrogen and oxygen atoms in total. The van der Waals surface area contributed by atoms with Gasteiger partial charge >= 0.3 is 5.97 Å². The summed E-state index contributed by atoms with van der Waals surface area (Å²) in [5, 5.41) is 15.9. The number of anilines is 2. The summed E-state index contributed by atoms with van der Waals surface area (Å²) < 4.78 is 19.9. The van der Waals surface area contributed by atoms with Gasteiger partial charge in [0.05, 0.1) is 0 Å². The summed E-state index contributed by atoms with van der Waals surface area (Å²) in [7, 11) is 0. The molecular weight excluding hydrogens is 483 g/mol. The number of ether oxygens (including phenoxy) is 1. The summed E-state index contributed by atoms with van der Waals surface area (Å²) >= 11 is 0. The van der Waals surface area contributed by atoms with E-state index in [4.69, 9.17) is 4.74 Å². The van der Waals surface area contributed by atoms with E-state index in [9.17, 15) is 19.1 Å². The number of rotatable bonds is 10. The van der Waals surface area contributed by atoms with Crippen molar-refractivity contribution in [2.75, 3.05) is 18.5 Å². The number of hydrogen-bond donors (Lipinski definition) is 3. The van der Waals surface area contributed by atoms with Gasteiger partial charge in [-0.25, -0.2) is 4.39 Å². The highest BCUT2D eigenvalue weighted by Gasteiger charge is 2.35. The van der Waals surface area contributed by atoms with Crippen LogP contribution in [0.1, 0.15) is 58.3 Å². The van der Waals surface area contributed by atoms with E-state index in [-0.39, 0.29) is 24.6 Å². The molecule has 3 aromatic rings. The normalized spacial score (nSPS) is 14.6. The van der Waals surface area contributed by atoms with Gasteiger partial charge in [-0.05, 0) is 98.5 Å². The monoisotopic (exact) mass is 518 g/mol. The molecule has 1 aliphatic heterocycles. The van der Waals surface area contributed by atoms with E-state index in [2.05, 4.69) is 16.7 Å². The summed E-state index contributed by atoms with van der Waals surface area (Å²) in [5.41, 5.74) is 5.10. The molecule has 0 aromatic heterocycles. The first-order chi connectivity index (χ1) is 18.2. The maximum atomic E-state index is 14.3. The second-order valence-electron chi connectivity index (χ2n) is 10.2. The molecule has 0 radical (unpaired) electrons. The van der Waals surface area contributed by atoms with Crippen molar-refractivity contribution in [3.63, 3.8) is 0 Å². The standard InChI is InChI=1S/C31H35FN2O4/c1-21-17-22(2)19-26(18-21)33-25-9-7-23(8-10-29(35)36)27(20-25)30(37)34-31(13-15-38-16-14-31)12-11-24-5-3-4-6-28(24)32/h3-7,9,17-20,33H,8,10-16H2,1-2H3,(H,34,37)(H,35,36). The summed E-state index contributed by atoms with van der Waals surface area (Å²) in [6.45, 7) is 5.08. The predicted molar refractivity (Wildman–Crippen MR) is 147 cm³/mol. The van der Waals surface area contributed by atoms with Crippen LogP contribution in [-0.2, 0) is 22.4 Å².